The Labute approximate surface area is 81.8 Å². The molecule has 1 heterocycles. The van der Waals surface area contributed by atoms with Gasteiger partial charge in [-0.1, -0.05) is 6.07 Å². The summed E-state index contributed by atoms with van der Waals surface area (Å²) in [5.74, 6) is 5.61. The minimum Gasteiger partial charge on any atom is -0.339 e. The Bertz CT molecular complexity index is 584. The van der Waals surface area contributed by atoms with Crippen molar-refractivity contribution < 1.29 is 8.42 Å². The normalized spacial score (nSPS) is 12.1. The van der Waals surface area contributed by atoms with Gasteiger partial charge < -0.3 is 5.84 Å². The van der Waals surface area contributed by atoms with Crippen LogP contribution in [0.3, 0.4) is 0 Å². The van der Waals surface area contributed by atoms with Crippen LogP contribution in [0.25, 0.3) is 10.9 Å². The van der Waals surface area contributed by atoms with E-state index in [4.69, 9.17) is 5.84 Å². The van der Waals surface area contributed by atoms with Crippen molar-refractivity contribution in [1.29, 1.82) is 0 Å². The van der Waals surface area contributed by atoms with Crippen LogP contribution in [-0.4, -0.2) is 19.3 Å². The molecule has 0 amide bonds. The molecule has 0 fully saturated rings. The average molecular weight is 210 g/mol. The first-order chi connectivity index (χ1) is 6.48. The van der Waals surface area contributed by atoms with Crippen LogP contribution < -0.4 is 5.84 Å². The maximum Gasteiger partial charge on any atom is 0.175 e. The maximum atomic E-state index is 11.3. The first-order valence-corrected chi connectivity index (χ1v) is 5.94. The van der Waals surface area contributed by atoms with Crippen LogP contribution in [0.15, 0.2) is 35.4 Å². The van der Waals surface area contributed by atoms with Crippen molar-refractivity contribution in [1.82, 2.24) is 4.68 Å². The second-order valence-electron chi connectivity index (χ2n) is 3.22. The fraction of sp³-hybridized carbons (Fsp3) is 0.111. The van der Waals surface area contributed by atoms with Gasteiger partial charge in [-0.05, 0) is 18.2 Å². The van der Waals surface area contributed by atoms with E-state index < -0.39 is 9.84 Å². The summed E-state index contributed by atoms with van der Waals surface area (Å²) in [5.41, 5.74) is 0.716. The zero-order valence-electron chi connectivity index (χ0n) is 7.64. The molecule has 0 saturated heterocycles. The SMILES string of the molecule is CS(=O)(=O)c1ccc2ccn(N)c2c1. The summed E-state index contributed by atoms with van der Waals surface area (Å²) < 4.78 is 23.9. The monoisotopic (exact) mass is 210 g/mol. The lowest BCUT2D eigenvalue weighted by Gasteiger charge is -2.00. The molecule has 0 aliphatic rings. The van der Waals surface area contributed by atoms with E-state index >= 15 is 0 Å². The number of fused-ring (bicyclic) bond motifs is 1. The standard InChI is InChI=1S/C9H10N2O2S/c1-14(12,13)8-3-2-7-4-5-11(10)9(7)6-8/h2-6H,10H2,1H3. The highest BCUT2D eigenvalue weighted by Crippen LogP contribution is 2.18. The number of hydrogen-bond donors (Lipinski definition) is 1. The molecule has 0 aliphatic carbocycles. The van der Waals surface area contributed by atoms with Gasteiger partial charge >= 0.3 is 0 Å². The molecule has 2 N–H and O–H groups in total. The Morgan fingerprint density at radius 2 is 2.00 bits per heavy atom. The summed E-state index contributed by atoms with van der Waals surface area (Å²) in [6.07, 6.45) is 2.87. The molecule has 74 valence electrons. The molecule has 0 radical (unpaired) electrons. The van der Waals surface area contributed by atoms with Gasteiger partial charge in [0.25, 0.3) is 0 Å². The lowest BCUT2D eigenvalue weighted by atomic mass is 10.2. The van der Waals surface area contributed by atoms with Gasteiger partial charge in [0.2, 0.25) is 0 Å². The third kappa shape index (κ3) is 1.35. The third-order valence-corrected chi connectivity index (χ3v) is 3.23. The lowest BCUT2D eigenvalue weighted by Crippen LogP contribution is -2.05. The van der Waals surface area contributed by atoms with Crippen molar-refractivity contribution in [3.8, 4) is 0 Å². The first-order valence-electron chi connectivity index (χ1n) is 4.05. The largest absolute Gasteiger partial charge is 0.339 e. The van der Waals surface area contributed by atoms with Gasteiger partial charge in [-0.2, -0.15) is 0 Å². The van der Waals surface area contributed by atoms with Crippen molar-refractivity contribution >= 4 is 20.7 Å². The van der Waals surface area contributed by atoms with E-state index in [0.29, 0.717) is 5.52 Å². The fourth-order valence-electron chi connectivity index (χ4n) is 1.36. The average Bonchev–Trinajstić information content (AvgIpc) is 2.46. The van der Waals surface area contributed by atoms with Crippen LogP contribution in [0.5, 0.6) is 0 Å². The first kappa shape index (κ1) is 9.08. The van der Waals surface area contributed by atoms with E-state index in [2.05, 4.69) is 0 Å². The summed E-state index contributed by atoms with van der Waals surface area (Å²) in [5, 5.41) is 0.930. The Morgan fingerprint density at radius 1 is 1.29 bits per heavy atom. The Hall–Kier alpha value is -1.49. The molecular formula is C9H10N2O2S. The van der Waals surface area contributed by atoms with E-state index in [9.17, 15) is 8.42 Å². The molecule has 0 bridgehead atoms. The number of hydrogen-bond acceptors (Lipinski definition) is 3. The number of benzene rings is 1. The molecule has 0 atom stereocenters. The fourth-order valence-corrected chi connectivity index (χ4v) is 2.00. The van der Waals surface area contributed by atoms with Crippen LogP contribution in [-0.2, 0) is 9.84 Å². The number of nitrogens with zero attached hydrogens (tertiary/aromatic N) is 1. The molecule has 1 aromatic carbocycles. The smallest absolute Gasteiger partial charge is 0.175 e. The van der Waals surface area contributed by atoms with Gasteiger partial charge in [-0.25, -0.2) is 8.42 Å². The number of rotatable bonds is 1. The van der Waals surface area contributed by atoms with Crippen LogP contribution in [0.1, 0.15) is 0 Å². The molecular weight excluding hydrogens is 200 g/mol. The van der Waals surface area contributed by atoms with Crippen molar-refractivity contribution in [2.75, 3.05) is 12.1 Å². The number of sulfone groups is 1. The minimum absolute atomic E-state index is 0.287. The second-order valence-corrected chi connectivity index (χ2v) is 5.23. The summed E-state index contributed by atoms with van der Waals surface area (Å²) in [7, 11) is -3.16. The predicted molar refractivity (Wildman–Crippen MR) is 55.2 cm³/mol. The van der Waals surface area contributed by atoms with E-state index in [1.54, 1.807) is 24.4 Å². The van der Waals surface area contributed by atoms with Crippen molar-refractivity contribution in [2.24, 2.45) is 0 Å². The number of nitrogen functional groups attached to an aromatic ring is 1. The predicted octanol–water partition coefficient (Wildman–Crippen LogP) is 0.759. The number of aromatic nitrogens is 1. The molecule has 5 heteroatoms. The molecule has 0 saturated carbocycles. The second kappa shape index (κ2) is 2.75. The molecule has 1 aromatic heterocycles. The van der Waals surface area contributed by atoms with Gasteiger partial charge in [-0.3, -0.25) is 4.68 Å². The van der Waals surface area contributed by atoms with Gasteiger partial charge in [0.1, 0.15) is 0 Å². The molecule has 14 heavy (non-hydrogen) atoms. The number of nitrogens with two attached hydrogens (primary N) is 1. The van der Waals surface area contributed by atoms with E-state index in [1.807, 2.05) is 6.07 Å². The van der Waals surface area contributed by atoms with Gasteiger partial charge in [0, 0.05) is 17.8 Å². The Morgan fingerprint density at radius 3 is 2.64 bits per heavy atom. The summed E-state index contributed by atoms with van der Waals surface area (Å²) in [6, 6.07) is 6.73. The highest BCUT2D eigenvalue weighted by Gasteiger charge is 2.08. The minimum atomic E-state index is -3.16. The topological polar surface area (TPSA) is 65.1 Å². The summed E-state index contributed by atoms with van der Waals surface area (Å²) in [4.78, 5) is 0.287. The molecule has 2 rings (SSSR count). The van der Waals surface area contributed by atoms with Crippen molar-refractivity contribution in [2.45, 2.75) is 4.90 Å². The third-order valence-electron chi connectivity index (χ3n) is 2.12. The van der Waals surface area contributed by atoms with E-state index in [0.717, 1.165) is 5.39 Å². The molecule has 0 aliphatic heterocycles. The van der Waals surface area contributed by atoms with Crippen LogP contribution in [0.2, 0.25) is 0 Å². The quantitative estimate of drug-likeness (QED) is 0.707. The van der Waals surface area contributed by atoms with Crippen molar-refractivity contribution in [3.63, 3.8) is 0 Å². The molecule has 0 spiro atoms. The lowest BCUT2D eigenvalue weighted by molar-refractivity contribution is 0.602. The van der Waals surface area contributed by atoms with Gasteiger partial charge in [-0.15, -0.1) is 0 Å². The molecule has 0 unspecified atom stereocenters. The Kier molecular flexibility index (Phi) is 1.78. The van der Waals surface area contributed by atoms with Crippen LogP contribution in [0, 0.1) is 0 Å². The van der Waals surface area contributed by atoms with E-state index in [1.165, 1.54) is 10.9 Å². The van der Waals surface area contributed by atoms with Crippen molar-refractivity contribution in [3.05, 3.63) is 30.5 Å². The van der Waals surface area contributed by atoms with Gasteiger partial charge in [0.15, 0.2) is 9.84 Å². The zero-order chi connectivity index (χ0) is 10.3. The van der Waals surface area contributed by atoms with Crippen LogP contribution >= 0.6 is 0 Å². The molecule has 2 aromatic rings. The highest BCUT2D eigenvalue weighted by molar-refractivity contribution is 7.90. The van der Waals surface area contributed by atoms with Crippen LogP contribution in [0.4, 0.5) is 0 Å². The maximum absolute atomic E-state index is 11.3. The Balaban J connectivity index is 2.79. The molecule has 4 nitrogen and oxygen atoms in total. The zero-order valence-corrected chi connectivity index (χ0v) is 8.45. The summed E-state index contributed by atoms with van der Waals surface area (Å²) >= 11 is 0. The van der Waals surface area contributed by atoms with Gasteiger partial charge in [0.05, 0.1) is 10.4 Å². The summed E-state index contributed by atoms with van der Waals surface area (Å²) in [6.45, 7) is 0. The van der Waals surface area contributed by atoms with E-state index in [-0.39, 0.29) is 4.90 Å². The highest BCUT2D eigenvalue weighted by atomic mass is 32.2.